The minimum Gasteiger partial charge on any atom is -0.417 e. The molecule has 10 heteroatoms. The van der Waals surface area contributed by atoms with Gasteiger partial charge in [-0.25, -0.2) is 4.79 Å². The highest BCUT2D eigenvalue weighted by molar-refractivity contribution is 6.50. The molecule has 2 aliphatic rings. The Morgan fingerprint density at radius 1 is 1.34 bits per heavy atom. The molecule has 1 atom stereocenters. The lowest BCUT2D eigenvalue weighted by atomic mass is 10.0. The van der Waals surface area contributed by atoms with Crippen molar-refractivity contribution in [2.45, 2.75) is 25.7 Å². The van der Waals surface area contributed by atoms with Crippen LogP contribution in [0.5, 0.6) is 5.75 Å². The third kappa shape index (κ3) is 5.39. The van der Waals surface area contributed by atoms with E-state index >= 15 is 0 Å². The summed E-state index contributed by atoms with van der Waals surface area (Å²) >= 11 is 0. The summed E-state index contributed by atoms with van der Waals surface area (Å²) < 4.78 is 23.3. The third-order valence-corrected chi connectivity index (χ3v) is 4.60. The van der Waals surface area contributed by atoms with Gasteiger partial charge in [0.2, 0.25) is 5.75 Å². The second-order valence-electron chi connectivity index (χ2n) is 7.53. The molecule has 10 nitrogen and oxygen atoms in total. The van der Waals surface area contributed by atoms with Crippen LogP contribution in [0.1, 0.15) is 13.8 Å². The summed E-state index contributed by atoms with van der Waals surface area (Å²) in [6.45, 7) is 3.80. The molecule has 2 N–H and O–H groups in total. The number of allylic oxidation sites excluding steroid dienone is 4. The van der Waals surface area contributed by atoms with Gasteiger partial charge in [0.15, 0.2) is 12.8 Å². The van der Waals surface area contributed by atoms with Crippen LogP contribution in [0.3, 0.4) is 0 Å². The second-order valence-corrected chi connectivity index (χ2v) is 7.53. The monoisotopic (exact) mass is 443 g/mol. The fourth-order valence-electron chi connectivity index (χ4n) is 3.25. The van der Waals surface area contributed by atoms with E-state index in [1.807, 2.05) is 6.07 Å². The molecule has 168 valence electrons. The minimum absolute atomic E-state index is 0.0686. The summed E-state index contributed by atoms with van der Waals surface area (Å²) in [6, 6.07) is 8.27. The van der Waals surface area contributed by atoms with Crippen LogP contribution >= 0.6 is 0 Å². The van der Waals surface area contributed by atoms with Crippen molar-refractivity contribution in [2.24, 2.45) is 0 Å². The van der Waals surface area contributed by atoms with Crippen molar-refractivity contribution >= 4 is 23.1 Å². The molecule has 0 bridgehead atoms. The summed E-state index contributed by atoms with van der Waals surface area (Å²) in [5.74, 6) is -1.28. The second kappa shape index (κ2) is 9.74. The summed E-state index contributed by atoms with van der Waals surface area (Å²) in [7, 11) is 1.33. The van der Waals surface area contributed by atoms with Crippen molar-refractivity contribution in [1.29, 1.82) is 5.26 Å². The van der Waals surface area contributed by atoms with Crippen molar-refractivity contribution in [3.63, 3.8) is 0 Å². The van der Waals surface area contributed by atoms with E-state index in [-0.39, 0.29) is 47.8 Å². The Hall–Kier alpha value is -3.52. The first-order chi connectivity index (χ1) is 15.2. The van der Waals surface area contributed by atoms with Crippen molar-refractivity contribution < 1.29 is 43.6 Å². The van der Waals surface area contributed by atoms with Crippen molar-refractivity contribution in [1.82, 2.24) is 0 Å². The zero-order valence-electron chi connectivity index (χ0n) is 18.0. The predicted molar refractivity (Wildman–Crippen MR) is 110 cm³/mol. The van der Waals surface area contributed by atoms with Gasteiger partial charge in [-0.05, 0) is 30.7 Å². The molecule has 1 aliphatic carbocycles. The lowest BCUT2D eigenvalue weighted by Crippen LogP contribution is -2.31. The molecule has 0 saturated carbocycles. The average Bonchev–Trinajstić information content (AvgIpc) is 3.11. The summed E-state index contributed by atoms with van der Waals surface area (Å²) in [4.78, 5) is 12.3. The topological polar surface area (TPSA) is 124 Å². The number of carbonyl (C=O) groups is 1. The zero-order valence-corrected chi connectivity index (χ0v) is 18.0. The number of esters is 1. The summed E-state index contributed by atoms with van der Waals surface area (Å²) in [6.07, 6.45) is 4.29. The highest BCUT2D eigenvalue weighted by Crippen LogP contribution is 2.27. The van der Waals surface area contributed by atoms with Crippen LogP contribution in [-0.4, -0.2) is 76.0 Å². The lowest BCUT2D eigenvalue weighted by Gasteiger charge is -2.16. The maximum atomic E-state index is 12.3. The SMILES string of the molecule is C/[N+](O)=C1/C(C#N)=CC=C/C1=[N+](\O)c1ccccc1OC(=O)COCC1COC(C)(C)O1. The Kier molecular flexibility index (Phi) is 7.05. The Balaban J connectivity index is 1.73. The van der Waals surface area contributed by atoms with Crippen LogP contribution in [0.2, 0.25) is 0 Å². The molecule has 1 aromatic carbocycles. The van der Waals surface area contributed by atoms with Crippen LogP contribution in [0.4, 0.5) is 5.69 Å². The Labute approximate surface area is 185 Å². The average molecular weight is 443 g/mol. The van der Waals surface area contributed by atoms with Gasteiger partial charge in [-0.1, -0.05) is 18.2 Å². The number of carbonyl (C=O) groups excluding carboxylic acids is 1. The molecular formula is C22H25N3O7+2. The fraction of sp³-hybridized carbons (Fsp3) is 0.364. The normalized spacial score (nSPS) is 22.7. The molecule has 0 spiro atoms. The smallest absolute Gasteiger partial charge is 0.343 e. The van der Waals surface area contributed by atoms with Gasteiger partial charge in [0.05, 0.1) is 13.2 Å². The van der Waals surface area contributed by atoms with Gasteiger partial charge >= 0.3 is 23.1 Å². The van der Waals surface area contributed by atoms with Crippen LogP contribution in [0.25, 0.3) is 0 Å². The number of para-hydroxylation sites is 2. The van der Waals surface area contributed by atoms with E-state index in [2.05, 4.69) is 0 Å². The van der Waals surface area contributed by atoms with Crippen LogP contribution in [0.15, 0.2) is 48.1 Å². The van der Waals surface area contributed by atoms with E-state index in [1.54, 1.807) is 32.1 Å². The lowest BCUT2D eigenvalue weighted by molar-refractivity contribution is -0.755. The van der Waals surface area contributed by atoms with E-state index < -0.39 is 11.8 Å². The molecule has 1 unspecified atom stereocenters. The molecule has 1 saturated heterocycles. The first-order valence-electron chi connectivity index (χ1n) is 9.86. The summed E-state index contributed by atoms with van der Waals surface area (Å²) in [5, 5.41) is 30.1. The molecule has 0 aromatic heterocycles. The molecule has 1 fully saturated rings. The highest BCUT2D eigenvalue weighted by atomic mass is 16.7. The zero-order chi connectivity index (χ0) is 23.3. The largest absolute Gasteiger partial charge is 0.417 e. The number of nitriles is 1. The van der Waals surface area contributed by atoms with Gasteiger partial charge in [0, 0.05) is 16.9 Å². The maximum Gasteiger partial charge on any atom is 0.343 e. The fourth-order valence-corrected chi connectivity index (χ4v) is 3.25. The molecule has 1 aliphatic heterocycles. The summed E-state index contributed by atoms with van der Waals surface area (Å²) in [5.41, 5.74) is 0.488. The number of rotatable bonds is 6. The van der Waals surface area contributed by atoms with Crippen molar-refractivity contribution in [2.75, 3.05) is 26.9 Å². The number of benzene rings is 1. The van der Waals surface area contributed by atoms with Crippen molar-refractivity contribution in [3.8, 4) is 11.8 Å². The molecule has 1 heterocycles. The van der Waals surface area contributed by atoms with Gasteiger partial charge in [0.25, 0.3) is 0 Å². The van der Waals surface area contributed by atoms with Gasteiger partial charge in [-0.2, -0.15) is 5.26 Å². The number of hydrogen-bond donors (Lipinski definition) is 2. The number of hydroxylamine groups is 1. The molecule has 1 aromatic rings. The van der Waals surface area contributed by atoms with Crippen LogP contribution < -0.4 is 4.74 Å². The quantitative estimate of drug-likeness (QED) is 0.170. The van der Waals surface area contributed by atoms with Crippen LogP contribution in [0, 0.1) is 11.3 Å². The number of hydrogen-bond acceptors (Lipinski definition) is 8. The van der Waals surface area contributed by atoms with E-state index in [0.717, 1.165) is 9.48 Å². The van der Waals surface area contributed by atoms with E-state index in [9.17, 15) is 20.5 Å². The first-order valence-corrected chi connectivity index (χ1v) is 9.86. The molecule has 0 radical (unpaired) electrons. The van der Waals surface area contributed by atoms with E-state index in [1.165, 1.54) is 31.3 Å². The standard InChI is InChI=1S/C22H25N3O7/c1-22(2)30-13-16(32-22)12-29-14-20(26)31-19-10-5-4-8-17(19)25(28)18-9-6-7-15(11-23)21(18)24(3)27/h4-10,16,27-28H,12-14H2,1-3H3/q+2/b24-21+,25-18+. The van der Waals surface area contributed by atoms with Crippen LogP contribution in [-0.2, 0) is 19.0 Å². The highest BCUT2D eigenvalue weighted by Gasteiger charge is 2.36. The van der Waals surface area contributed by atoms with Gasteiger partial charge in [-0.15, -0.1) is 0 Å². The van der Waals surface area contributed by atoms with Gasteiger partial charge in [0.1, 0.15) is 24.4 Å². The van der Waals surface area contributed by atoms with E-state index in [4.69, 9.17) is 18.9 Å². The minimum atomic E-state index is -0.678. The maximum absolute atomic E-state index is 12.3. The molecular weight excluding hydrogens is 418 g/mol. The number of ether oxygens (including phenoxy) is 4. The molecule has 32 heavy (non-hydrogen) atoms. The van der Waals surface area contributed by atoms with Crippen molar-refractivity contribution in [3.05, 3.63) is 48.1 Å². The van der Waals surface area contributed by atoms with E-state index in [0.29, 0.717) is 6.61 Å². The first kappa shape index (κ1) is 23.1. The molecule has 3 rings (SSSR count). The molecule has 0 amide bonds. The van der Waals surface area contributed by atoms with Gasteiger partial charge < -0.3 is 18.9 Å². The number of nitrogens with zero attached hydrogens (tertiary/aromatic N) is 3. The Morgan fingerprint density at radius 3 is 2.75 bits per heavy atom. The Morgan fingerprint density at radius 2 is 2.09 bits per heavy atom. The van der Waals surface area contributed by atoms with Gasteiger partial charge in [-0.3, -0.25) is 10.4 Å². The third-order valence-electron chi connectivity index (χ3n) is 4.60. The predicted octanol–water partition coefficient (Wildman–Crippen LogP) is 1.73. The Bertz CT molecular complexity index is 1060.